The number of anilines is 3. The molecule has 0 radical (unpaired) electrons. The number of nitriles is 1. The van der Waals surface area contributed by atoms with Crippen molar-refractivity contribution >= 4 is 45.5 Å². The first-order chi connectivity index (χ1) is 21.3. The van der Waals surface area contributed by atoms with Gasteiger partial charge in [-0.05, 0) is 50.5 Å². The Morgan fingerprint density at radius 3 is 2.75 bits per heavy atom. The minimum atomic E-state index is -0.360. The Kier molecular flexibility index (Phi) is 9.92. The average Bonchev–Trinajstić information content (AvgIpc) is 3.52. The maximum absolute atomic E-state index is 14.0. The van der Waals surface area contributed by atoms with Gasteiger partial charge in [-0.15, -0.1) is 0 Å². The van der Waals surface area contributed by atoms with Gasteiger partial charge >= 0.3 is 0 Å². The molecular weight excluding hydrogens is 585 g/mol. The number of nitrogens with one attached hydrogen (secondary N) is 2. The lowest BCUT2D eigenvalue weighted by Crippen LogP contribution is -2.18. The molecule has 44 heavy (non-hydrogen) atoms. The Morgan fingerprint density at radius 1 is 1.20 bits per heavy atom. The summed E-state index contributed by atoms with van der Waals surface area (Å²) in [5.41, 5.74) is 2.58. The third kappa shape index (κ3) is 7.44. The largest absolute Gasteiger partial charge is 0.487 e. The third-order valence-corrected chi connectivity index (χ3v) is 7.13. The quantitative estimate of drug-likeness (QED) is 0.185. The summed E-state index contributed by atoms with van der Waals surface area (Å²) in [7, 11) is 3.82. The normalized spacial score (nSPS) is 14.6. The van der Waals surface area contributed by atoms with E-state index in [0.717, 1.165) is 6.42 Å². The number of likely N-dealkylation sites (N-methyl/N-ethyl adjacent to an activating group) is 1. The van der Waals surface area contributed by atoms with Crippen LogP contribution in [0.4, 0.5) is 21.5 Å². The first kappa shape index (κ1) is 30.8. The van der Waals surface area contributed by atoms with E-state index in [9.17, 15) is 14.4 Å². The maximum atomic E-state index is 14.0. The Balaban J connectivity index is 1.46. The molecule has 2 heterocycles. The molecule has 1 saturated heterocycles. The SMILES string of the molecule is CN(C)C/C=C/C(=O)Nc1c(OC2CCOC2)ccc2c(Nc3ccc(OCc4ccccc4F)c(Cl)c3)c(C#N)cnc12. The van der Waals surface area contributed by atoms with E-state index in [2.05, 4.69) is 21.7 Å². The number of benzene rings is 3. The van der Waals surface area contributed by atoms with E-state index in [4.69, 9.17) is 25.8 Å². The second-order valence-corrected chi connectivity index (χ2v) is 10.8. The molecule has 0 spiro atoms. The lowest BCUT2D eigenvalue weighted by Gasteiger charge is -2.19. The summed E-state index contributed by atoms with van der Waals surface area (Å²) in [6.07, 6.45) is 5.22. The molecule has 11 heteroatoms. The van der Waals surface area contributed by atoms with Gasteiger partial charge in [-0.25, -0.2) is 4.39 Å². The van der Waals surface area contributed by atoms with Gasteiger partial charge in [0.2, 0.25) is 5.91 Å². The van der Waals surface area contributed by atoms with Crippen molar-refractivity contribution in [3.63, 3.8) is 0 Å². The zero-order valence-corrected chi connectivity index (χ0v) is 25.0. The van der Waals surface area contributed by atoms with Crippen LogP contribution in [0.5, 0.6) is 11.5 Å². The lowest BCUT2D eigenvalue weighted by molar-refractivity contribution is -0.111. The second kappa shape index (κ2) is 14.2. The van der Waals surface area contributed by atoms with E-state index in [1.54, 1.807) is 54.6 Å². The zero-order chi connectivity index (χ0) is 31.1. The summed E-state index contributed by atoms with van der Waals surface area (Å²) in [4.78, 5) is 19.4. The Morgan fingerprint density at radius 2 is 2.02 bits per heavy atom. The highest BCUT2D eigenvalue weighted by atomic mass is 35.5. The van der Waals surface area contributed by atoms with Crippen molar-refractivity contribution in [1.29, 1.82) is 5.26 Å². The molecule has 1 fully saturated rings. The minimum absolute atomic E-state index is 0.0168. The van der Waals surface area contributed by atoms with E-state index in [0.29, 0.717) is 69.8 Å². The number of halogens is 2. The number of ether oxygens (including phenoxy) is 3. The van der Waals surface area contributed by atoms with E-state index in [1.165, 1.54) is 18.3 Å². The van der Waals surface area contributed by atoms with Crippen LogP contribution in [-0.2, 0) is 16.1 Å². The monoisotopic (exact) mass is 615 g/mol. The zero-order valence-electron chi connectivity index (χ0n) is 24.3. The van der Waals surface area contributed by atoms with Crippen molar-refractivity contribution in [2.45, 2.75) is 19.1 Å². The Bertz CT molecular complexity index is 1730. The van der Waals surface area contributed by atoms with Gasteiger partial charge in [0.1, 0.15) is 41.8 Å². The fraction of sp³-hybridized carbons (Fsp3) is 0.242. The van der Waals surface area contributed by atoms with Crippen molar-refractivity contribution in [2.75, 3.05) is 44.5 Å². The molecule has 9 nitrogen and oxygen atoms in total. The van der Waals surface area contributed by atoms with Gasteiger partial charge in [-0.2, -0.15) is 5.26 Å². The van der Waals surface area contributed by atoms with Crippen LogP contribution in [0.15, 0.2) is 72.9 Å². The average molecular weight is 616 g/mol. The number of aromatic nitrogens is 1. The smallest absolute Gasteiger partial charge is 0.248 e. The number of amides is 1. The lowest BCUT2D eigenvalue weighted by atomic mass is 10.1. The fourth-order valence-corrected chi connectivity index (χ4v) is 4.85. The molecule has 1 aromatic heterocycles. The Labute approximate surface area is 259 Å². The molecular formula is C33H31ClFN5O4. The van der Waals surface area contributed by atoms with Gasteiger partial charge in [-0.3, -0.25) is 9.78 Å². The van der Waals surface area contributed by atoms with Crippen molar-refractivity contribution in [2.24, 2.45) is 0 Å². The van der Waals surface area contributed by atoms with Gasteiger partial charge in [0.15, 0.2) is 0 Å². The van der Waals surface area contributed by atoms with Gasteiger partial charge < -0.3 is 29.7 Å². The summed E-state index contributed by atoms with van der Waals surface area (Å²) in [6.45, 7) is 1.66. The highest BCUT2D eigenvalue weighted by molar-refractivity contribution is 6.32. The van der Waals surface area contributed by atoms with E-state index in [1.807, 2.05) is 19.0 Å². The maximum Gasteiger partial charge on any atom is 0.248 e. The van der Waals surface area contributed by atoms with Crippen LogP contribution in [0, 0.1) is 17.1 Å². The van der Waals surface area contributed by atoms with Crippen LogP contribution < -0.4 is 20.1 Å². The standard InChI is InChI=1S/C33H31ClFN5O4/c1-40(2)14-5-8-30(41)39-33-29(44-24-13-15-42-20-24)12-10-25-31(22(17-36)18-37-32(25)33)38-23-9-11-28(26(34)16-23)43-19-21-6-3-4-7-27(21)35/h3-12,16,18,24H,13-15,19-20H2,1-2H3,(H,37,38)(H,39,41)/b8-5+. The molecule has 1 aliphatic heterocycles. The summed E-state index contributed by atoms with van der Waals surface area (Å²) in [5.74, 6) is 0.126. The number of hydrogen-bond donors (Lipinski definition) is 2. The van der Waals surface area contributed by atoms with Gasteiger partial charge in [0, 0.05) is 41.9 Å². The number of fused-ring (bicyclic) bond motifs is 1. The second-order valence-electron chi connectivity index (χ2n) is 10.4. The number of carbonyl (C=O) groups excluding carboxylic acids is 1. The number of carbonyl (C=O) groups is 1. The summed E-state index contributed by atoms with van der Waals surface area (Å²) >= 11 is 6.52. The van der Waals surface area contributed by atoms with E-state index >= 15 is 0 Å². The molecule has 1 amide bonds. The number of pyridine rings is 1. The van der Waals surface area contributed by atoms with Gasteiger partial charge in [0.05, 0.1) is 35.0 Å². The highest BCUT2D eigenvalue weighted by Crippen LogP contribution is 2.39. The van der Waals surface area contributed by atoms with Crippen molar-refractivity contribution < 1.29 is 23.4 Å². The topological polar surface area (TPSA) is 109 Å². The summed E-state index contributed by atoms with van der Waals surface area (Å²) < 4.78 is 31.4. The first-order valence-electron chi connectivity index (χ1n) is 14.0. The van der Waals surface area contributed by atoms with Gasteiger partial charge in [-0.1, -0.05) is 35.9 Å². The Hall–Kier alpha value is -4.69. The van der Waals surface area contributed by atoms with Crippen LogP contribution in [0.1, 0.15) is 17.5 Å². The molecule has 0 bridgehead atoms. The molecule has 0 saturated carbocycles. The van der Waals surface area contributed by atoms with E-state index < -0.39 is 0 Å². The minimum Gasteiger partial charge on any atom is -0.487 e. The third-order valence-electron chi connectivity index (χ3n) is 6.83. The molecule has 3 aromatic carbocycles. The molecule has 0 aliphatic carbocycles. The van der Waals surface area contributed by atoms with Gasteiger partial charge in [0.25, 0.3) is 0 Å². The predicted molar refractivity (Wildman–Crippen MR) is 168 cm³/mol. The first-order valence-corrected chi connectivity index (χ1v) is 14.4. The summed E-state index contributed by atoms with van der Waals surface area (Å²) in [6, 6.07) is 17.2. The van der Waals surface area contributed by atoms with Crippen molar-refractivity contribution in [3.8, 4) is 17.6 Å². The molecule has 226 valence electrons. The van der Waals surface area contributed by atoms with Crippen LogP contribution in [0.3, 0.4) is 0 Å². The van der Waals surface area contributed by atoms with Crippen LogP contribution in [0.25, 0.3) is 10.9 Å². The molecule has 5 rings (SSSR count). The van der Waals surface area contributed by atoms with Crippen LogP contribution >= 0.6 is 11.6 Å². The number of rotatable bonds is 11. The predicted octanol–water partition coefficient (Wildman–Crippen LogP) is 6.45. The fourth-order valence-electron chi connectivity index (χ4n) is 4.62. The molecule has 1 aliphatic rings. The summed E-state index contributed by atoms with van der Waals surface area (Å²) in [5, 5.41) is 17.0. The van der Waals surface area contributed by atoms with Crippen molar-refractivity contribution in [3.05, 3.63) is 94.9 Å². The van der Waals surface area contributed by atoms with E-state index in [-0.39, 0.29) is 30.0 Å². The molecule has 1 unspecified atom stereocenters. The highest BCUT2D eigenvalue weighted by Gasteiger charge is 2.22. The molecule has 4 aromatic rings. The number of hydrogen-bond acceptors (Lipinski definition) is 8. The van der Waals surface area contributed by atoms with Crippen molar-refractivity contribution in [1.82, 2.24) is 9.88 Å². The van der Waals surface area contributed by atoms with Crippen LogP contribution in [0.2, 0.25) is 5.02 Å². The van der Waals surface area contributed by atoms with Crippen LogP contribution in [-0.4, -0.2) is 55.7 Å². The molecule has 2 N–H and O–H groups in total. The molecule has 1 atom stereocenters. The number of nitrogens with zero attached hydrogens (tertiary/aromatic N) is 3.